The summed E-state index contributed by atoms with van der Waals surface area (Å²) < 4.78 is 16.6. The van der Waals surface area contributed by atoms with E-state index in [0.29, 0.717) is 33.8 Å². The van der Waals surface area contributed by atoms with Crippen molar-refractivity contribution in [2.75, 3.05) is 34.9 Å². The number of aliphatic hydroxyl groups excluding tert-OH is 1. The van der Waals surface area contributed by atoms with Crippen LogP contribution in [0.15, 0.2) is 10.5 Å². The van der Waals surface area contributed by atoms with Crippen LogP contribution in [-0.4, -0.2) is 40.0 Å². The van der Waals surface area contributed by atoms with Gasteiger partial charge in [0.2, 0.25) is 0 Å². The number of ether oxygens (including phenoxy) is 3. The number of aliphatic hydroxyl groups is 1. The van der Waals surface area contributed by atoms with Crippen LogP contribution in [0.5, 0.6) is 17.2 Å². The van der Waals surface area contributed by atoms with Gasteiger partial charge in [0.25, 0.3) is 0 Å². The van der Waals surface area contributed by atoms with Crippen molar-refractivity contribution in [3.63, 3.8) is 0 Å². The molecule has 1 atom stereocenters. The van der Waals surface area contributed by atoms with E-state index in [1.807, 2.05) is 0 Å². The van der Waals surface area contributed by atoms with E-state index in [4.69, 9.17) is 14.2 Å². The fourth-order valence-electron chi connectivity index (χ4n) is 1.78. The van der Waals surface area contributed by atoms with Gasteiger partial charge in [-0.15, -0.1) is 0 Å². The van der Waals surface area contributed by atoms with E-state index in [1.54, 1.807) is 27.3 Å². The minimum atomic E-state index is -0.758. The molecule has 0 aliphatic rings. The Kier molecular flexibility index (Phi) is 5.71. The van der Waals surface area contributed by atoms with Crippen LogP contribution in [0.2, 0.25) is 0 Å². The Balaban J connectivity index is 3.44. The summed E-state index contributed by atoms with van der Waals surface area (Å²) in [4.78, 5) is 0. The van der Waals surface area contributed by atoms with Crippen LogP contribution in [0.4, 0.5) is 0 Å². The second kappa shape index (κ2) is 6.82. The zero-order chi connectivity index (χ0) is 13.7. The van der Waals surface area contributed by atoms with Crippen molar-refractivity contribution in [3.8, 4) is 17.2 Å². The number of hydrogen-bond donors (Lipinski definition) is 2. The van der Waals surface area contributed by atoms with E-state index in [-0.39, 0.29) is 0 Å². The third-order valence-electron chi connectivity index (χ3n) is 2.55. The van der Waals surface area contributed by atoms with Gasteiger partial charge in [-0.1, -0.05) is 0 Å². The molecule has 1 unspecified atom stereocenters. The van der Waals surface area contributed by atoms with Crippen molar-refractivity contribution >= 4 is 15.9 Å². The molecule has 0 aromatic heterocycles. The van der Waals surface area contributed by atoms with Crippen LogP contribution in [0.25, 0.3) is 0 Å². The molecule has 0 fully saturated rings. The van der Waals surface area contributed by atoms with Crippen LogP contribution in [0, 0.1) is 0 Å². The average Bonchev–Trinajstić information content (AvgIpc) is 2.37. The minimum Gasteiger partial charge on any atom is -0.495 e. The van der Waals surface area contributed by atoms with Crippen molar-refractivity contribution in [3.05, 3.63) is 16.1 Å². The first-order valence-electron chi connectivity index (χ1n) is 5.41. The summed E-state index contributed by atoms with van der Waals surface area (Å²) >= 11 is 3.39. The molecule has 2 N–H and O–H groups in total. The number of rotatable bonds is 6. The Bertz CT molecular complexity index is 412. The highest BCUT2D eigenvalue weighted by Gasteiger charge is 2.24. The summed E-state index contributed by atoms with van der Waals surface area (Å²) in [6, 6.07) is 1.74. The topological polar surface area (TPSA) is 60.0 Å². The van der Waals surface area contributed by atoms with Gasteiger partial charge >= 0.3 is 0 Å². The van der Waals surface area contributed by atoms with Crippen molar-refractivity contribution in [2.24, 2.45) is 0 Å². The first-order chi connectivity index (χ1) is 8.60. The molecule has 5 nitrogen and oxygen atoms in total. The van der Waals surface area contributed by atoms with Crippen molar-refractivity contribution in [1.29, 1.82) is 0 Å². The summed E-state index contributed by atoms with van der Waals surface area (Å²) in [5, 5.41) is 13.1. The lowest BCUT2D eigenvalue weighted by molar-refractivity contribution is 0.167. The number of methoxy groups -OCH3 is 3. The van der Waals surface area contributed by atoms with E-state index in [9.17, 15) is 5.11 Å². The molecule has 0 radical (unpaired) electrons. The molecular weight excluding hydrogens is 302 g/mol. The fourth-order valence-corrected chi connectivity index (χ4v) is 2.36. The lowest BCUT2D eigenvalue weighted by Gasteiger charge is -2.21. The van der Waals surface area contributed by atoms with Crippen LogP contribution in [0.1, 0.15) is 11.7 Å². The average molecular weight is 320 g/mol. The van der Waals surface area contributed by atoms with Gasteiger partial charge < -0.3 is 24.6 Å². The smallest absolute Gasteiger partial charge is 0.170 e. The van der Waals surface area contributed by atoms with Gasteiger partial charge in [-0.2, -0.15) is 0 Å². The van der Waals surface area contributed by atoms with Gasteiger partial charge in [-0.05, 0) is 23.0 Å². The van der Waals surface area contributed by atoms with Gasteiger partial charge in [0, 0.05) is 12.6 Å². The Morgan fingerprint density at radius 1 is 1.22 bits per heavy atom. The summed E-state index contributed by atoms with van der Waals surface area (Å²) in [5.74, 6) is 1.55. The Morgan fingerprint density at radius 3 is 2.28 bits per heavy atom. The first kappa shape index (κ1) is 15.1. The lowest BCUT2D eigenvalue weighted by Crippen LogP contribution is -2.18. The molecule has 6 heteroatoms. The highest BCUT2D eigenvalue weighted by Crippen LogP contribution is 2.45. The van der Waals surface area contributed by atoms with Crippen molar-refractivity contribution < 1.29 is 19.3 Å². The van der Waals surface area contributed by atoms with Gasteiger partial charge in [-0.25, -0.2) is 0 Å². The molecule has 0 saturated carbocycles. The summed E-state index contributed by atoms with van der Waals surface area (Å²) in [6.45, 7) is 0.381. The summed E-state index contributed by atoms with van der Waals surface area (Å²) in [5.41, 5.74) is 0.556. The van der Waals surface area contributed by atoms with E-state index in [0.717, 1.165) is 0 Å². The van der Waals surface area contributed by atoms with Crippen molar-refractivity contribution in [1.82, 2.24) is 5.32 Å². The Hall–Kier alpha value is -0.980. The zero-order valence-electron chi connectivity index (χ0n) is 10.9. The zero-order valence-corrected chi connectivity index (χ0v) is 12.5. The molecule has 18 heavy (non-hydrogen) atoms. The molecule has 0 heterocycles. The van der Waals surface area contributed by atoms with Gasteiger partial charge in [-0.3, -0.25) is 0 Å². The molecule has 0 bridgehead atoms. The Morgan fingerprint density at radius 2 is 1.83 bits per heavy atom. The quantitative estimate of drug-likeness (QED) is 0.836. The molecule has 0 saturated heterocycles. The Labute approximate surface area is 115 Å². The van der Waals surface area contributed by atoms with Crippen LogP contribution >= 0.6 is 15.9 Å². The third kappa shape index (κ3) is 2.88. The summed E-state index contributed by atoms with van der Waals surface area (Å²) in [6.07, 6.45) is -0.758. The normalized spacial score (nSPS) is 12.1. The van der Waals surface area contributed by atoms with Gasteiger partial charge in [0.05, 0.1) is 37.5 Å². The predicted octanol–water partition coefficient (Wildman–Crippen LogP) is 1.73. The van der Waals surface area contributed by atoms with Crippen LogP contribution in [-0.2, 0) is 0 Å². The minimum absolute atomic E-state index is 0.381. The molecule has 0 aliphatic heterocycles. The maximum Gasteiger partial charge on any atom is 0.170 e. The third-order valence-corrected chi connectivity index (χ3v) is 3.14. The number of nitrogens with one attached hydrogen (secondary N) is 1. The maximum absolute atomic E-state index is 10.2. The molecule has 1 rings (SSSR count). The molecular formula is C12H18BrNO4. The predicted molar refractivity (Wildman–Crippen MR) is 72.7 cm³/mol. The van der Waals surface area contributed by atoms with E-state index in [1.165, 1.54) is 7.11 Å². The maximum atomic E-state index is 10.2. The molecule has 102 valence electrons. The van der Waals surface area contributed by atoms with Crippen LogP contribution < -0.4 is 19.5 Å². The summed E-state index contributed by atoms with van der Waals surface area (Å²) in [7, 11) is 6.38. The largest absolute Gasteiger partial charge is 0.495 e. The molecule has 0 spiro atoms. The van der Waals surface area contributed by atoms with Gasteiger partial charge in [0.1, 0.15) is 5.75 Å². The number of benzene rings is 1. The highest BCUT2D eigenvalue weighted by atomic mass is 79.9. The van der Waals surface area contributed by atoms with Crippen LogP contribution in [0.3, 0.4) is 0 Å². The second-order valence-corrected chi connectivity index (χ2v) is 4.47. The van der Waals surface area contributed by atoms with E-state index < -0.39 is 6.10 Å². The molecule has 1 aromatic carbocycles. The standard InChI is InChI=1S/C12H18BrNO4/c1-14-6-8(15)10-11(17-3)7(13)5-9(16-2)12(10)18-4/h5,8,14-15H,6H2,1-4H3. The number of likely N-dealkylation sites (N-methyl/N-ethyl adjacent to an activating group) is 1. The molecule has 1 aromatic rings. The van der Waals surface area contributed by atoms with E-state index >= 15 is 0 Å². The van der Waals surface area contributed by atoms with Gasteiger partial charge in [0.15, 0.2) is 11.5 Å². The van der Waals surface area contributed by atoms with Crippen molar-refractivity contribution in [2.45, 2.75) is 6.10 Å². The fraction of sp³-hybridized carbons (Fsp3) is 0.500. The monoisotopic (exact) mass is 319 g/mol. The second-order valence-electron chi connectivity index (χ2n) is 3.61. The lowest BCUT2D eigenvalue weighted by atomic mass is 10.1. The number of hydrogen-bond acceptors (Lipinski definition) is 5. The highest BCUT2D eigenvalue weighted by molar-refractivity contribution is 9.10. The molecule has 0 aliphatic carbocycles. The first-order valence-corrected chi connectivity index (χ1v) is 6.21. The molecule has 0 amide bonds. The van der Waals surface area contributed by atoms with E-state index in [2.05, 4.69) is 21.2 Å². The number of halogens is 1. The SMILES string of the molecule is CNCC(O)c1c(OC)c(Br)cc(OC)c1OC.